The van der Waals surface area contributed by atoms with Crippen molar-refractivity contribution < 1.29 is 49.6 Å². The van der Waals surface area contributed by atoms with Gasteiger partial charge in [-0.2, -0.15) is 0 Å². The molecule has 0 radical (unpaired) electrons. The highest BCUT2D eigenvalue weighted by molar-refractivity contribution is 5.31. The molecule has 7 rings (SSSR count). The average molecular weight is 665 g/mol. The van der Waals surface area contributed by atoms with Crippen molar-refractivity contribution in [2.75, 3.05) is 20.3 Å². The molecule has 2 saturated heterocycles. The van der Waals surface area contributed by atoms with Gasteiger partial charge in [-0.05, 0) is 111 Å². The molecule has 5 saturated carbocycles. The predicted molar refractivity (Wildman–Crippen MR) is 172 cm³/mol. The standard InChI is InChI=1S/C37H60O10/c1-19(2)15-21-27(40)26(31(44-6)45-21)20-9-11-35(5)24-8-7-23-33(3,18-39)25(47-32-30(43)29(42)28(41)22(16-38)46-32)10-12-36(23)17-37(24,36)14-13-34(20,35)4/h15,20-32,38-43H,7-14,16-18H2,1-6H3/t20-,21-,22-,23?,24+,25?,26+,27-,28-,29+,30-,31+,32+,33-,34-,35+,36-,37+/m1/s1. The Morgan fingerprint density at radius 2 is 1.47 bits per heavy atom. The molecule has 5 aliphatic carbocycles. The Labute approximate surface area is 279 Å². The fourth-order valence-corrected chi connectivity index (χ4v) is 13.4. The lowest BCUT2D eigenvalue weighted by Crippen LogP contribution is -2.63. The first-order valence-corrected chi connectivity index (χ1v) is 18.3. The molecule has 0 aromatic heterocycles. The number of aliphatic hydroxyl groups is 6. The van der Waals surface area contributed by atoms with Crippen molar-refractivity contribution in [3.05, 3.63) is 11.6 Å². The van der Waals surface area contributed by atoms with Gasteiger partial charge >= 0.3 is 0 Å². The molecule has 18 atom stereocenters. The van der Waals surface area contributed by atoms with Crippen LogP contribution in [-0.2, 0) is 18.9 Å². The van der Waals surface area contributed by atoms with Crippen molar-refractivity contribution in [1.82, 2.24) is 0 Å². The van der Waals surface area contributed by atoms with Crippen LogP contribution in [0.5, 0.6) is 0 Å². The van der Waals surface area contributed by atoms with Crippen molar-refractivity contribution in [2.24, 2.45) is 50.7 Å². The topological polar surface area (TPSA) is 158 Å². The van der Waals surface area contributed by atoms with Crippen molar-refractivity contribution in [3.8, 4) is 0 Å². The molecule has 0 aromatic carbocycles. The molecule has 0 bridgehead atoms. The highest BCUT2D eigenvalue weighted by Gasteiger charge is 2.83. The van der Waals surface area contributed by atoms with Crippen molar-refractivity contribution in [2.45, 2.75) is 148 Å². The average Bonchev–Trinajstić information content (AvgIpc) is 3.51. The van der Waals surface area contributed by atoms with Crippen LogP contribution in [0.25, 0.3) is 0 Å². The Morgan fingerprint density at radius 1 is 0.766 bits per heavy atom. The van der Waals surface area contributed by atoms with Crippen molar-refractivity contribution in [3.63, 3.8) is 0 Å². The first kappa shape index (κ1) is 34.8. The second-order valence-electron chi connectivity index (χ2n) is 17.7. The minimum absolute atomic E-state index is 0.0505. The Bertz CT molecular complexity index is 1220. The molecule has 2 heterocycles. The summed E-state index contributed by atoms with van der Waals surface area (Å²) in [5.41, 5.74) is 1.09. The van der Waals surface area contributed by atoms with E-state index in [0.29, 0.717) is 18.3 Å². The second kappa shape index (κ2) is 11.7. The Kier molecular flexibility index (Phi) is 8.65. The normalized spacial score (nSPS) is 58.3. The number of aliphatic hydroxyl groups excluding tert-OH is 6. The number of hydrogen-bond acceptors (Lipinski definition) is 10. The van der Waals surface area contributed by atoms with Crippen molar-refractivity contribution in [1.29, 1.82) is 0 Å². The van der Waals surface area contributed by atoms with Gasteiger partial charge in [-0.25, -0.2) is 0 Å². The van der Waals surface area contributed by atoms with Crippen LogP contribution in [0.2, 0.25) is 0 Å². The van der Waals surface area contributed by atoms with Crippen LogP contribution in [-0.4, -0.2) is 106 Å². The maximum Gasteiger partial charge on any atom is 0.186 e. The van der Waals surface area contributed by atoms with Gasteiger partial charge in [0.05, 0.1) is 25.4 Å². The third kappa shape index (κ3) is 4.58. The van der Waals surface area contributed by atoms with E-state index in [-0.39, 0.29) is 46.2 Å². The predicted octanol–water partition coefficient (Wildman–Crippen LogP) is 2.90. The molecule has 2 spiro atoms. The van der Waals surface area contributed by atoms with E-state index in [1.165, 1.54) is 6.42 Å². The van der Waals surface area contributed by atoms with E-state index in [4.69, 9.17) is 18.9 Å². The fraction of sp³-hybridized carbons (Fsp3) is 0.946. The lowest BCUT2D eigenvalue weighted by molar-refractivity contribution is -0.329. The first-order chi connectivity index (χ1) is 22.2. The summed E-state index contributed by atoms with van der Waals surface area (Å²) in [4.78, 5) is 0. The molecule has 0 aromatic rings. The summed E-state index contributed by atoms with van der Waals surface area (Å²) >= 11 is 0. The number of rotatable bonds is 7. The van der Waals surface area contributed by atoms with E-state index in [1.807, 2.05) is 19.9 Å². The van der Waals surface area contributed by atoms with Gasteiger partial charge < -0.3 is 49.6 Å². The van der Waals surface area contributed by atoms with E-state index in [1.54, 1.807) is 7.11 Å². The van der Waals surface area contributed by atoms with Gasteiger partial charge in [-0.15, -0.1) is 0 Å². The van der Waals surface area contributed by atoms with Crippen molar-refractivity contribution >= 4 is 0 Å². The molecule has 268 valence electrons. The monoisotopic (exact) mass is 664 g/mol. The Balaban J connectivity index is 1.13. The second-order valence-corrected chi connectivity index (χ2v) is 17.7. The third-order valence-electron chi connectivity index (χ3n) is 15.9. The zero-order chi connectivity index (χ0) is 33.9. The van der Waals surface area contributed by atoms with Gasteiger partial charge in [-0.1, -0.05) is 32.4 Å². The summed E-state index contributed by atoms with van der Waals surface area (Å²) in [5, 5.41) is 63.8. The lowest BCUT2D eigenvalue weighted by atomic mass is 9.41. The highest BCUT2D eigenvalue weighted by Crippen LogP contribution is 2.89. The van der Waals surface area contributed by atoms with E-state index in [9.17, 15) is 30.6 Å². The minimum atomic E-state index is -1.50. The van der Waals surface area contributed by atoms with Gasteiger partial charge in [0, 0.05) is 18.4 Å². The SMILES string of the molecule is CO[C@H]1O[C@H](C=C(C)C)[C@@H](O)[C@@H]1[C@H]1CC[C@@]2(C)[C@@H]3CCC4[C@@](C)(CO)C(O[C@@H]5O[C@H](CO)[C@@H](O)[C@H](O)[C@H]5O)CC[C@@]45C[C@@]35CC[C@]12C. The largest absolute Gasteiger partial charge is 0.396 e. The summed E-state index contributed by atoms with van der Waals surface area (Å²) in [6.07, 6.45) is 3.04. The van der Waals surface area contributed by atoms with Gasteiger partial charge in [0.1, 0.15) is 30.5 Å². The first-order valence-electron chi connectivity index (χ1n) is 18.3. The molecule has 10 nitrogen and oxygen atoms in total. The number of fused-ring (bicyclic) bond motifs is 2. The van der Waals surface area contributed by atoms with Crippen LogP contribution in [0.15, 0.2) is 11.6 Å². The highest BCUT2D eigenvalue weighted by atomic mass is 16.7. The number of hydrogen-bond donors (Lipinski definition) is 6. The molecule has 47 heavy (non-hydrogen) atoms. The molecule has 2 unspecified atom stereocenters. The quantitative estimate of drug-likeness (QED) is 0.177. The number of ether oxygens (including phenoxy) is 4. The smallest absolute Gasteiger partial charge is 0.186 e. The Hall–Kier alpha value is -0.660. The maximum atomic E-state index is 11.6. The summed E-state index contributed by atoms with van der Waals surface area (Å²) in [7, 11) is 1.70. The Morgan fingerprint density at radius 3 is 2.13 bits per heavy atom. The van der Waals surface area contributed by atoms with Crippen LogP contribution in [0, 0.1) is 50.7 Å². The summed E-state index contributed by atoms with van der Waals surface area (Å²) in [6, 6.07) is 0. The van der Waals surface area contributed by atoms with E-state index in [0.717, 1.165) is 50.5 Å². The summed E-state index contributed by atoms with van der Waals surface area (Å²) < 4.78 is 24.4. The van der Waals surface area contributed by atoms with Gasteiger partial charge in [0.15, 0.2) is 12.6 Å². The third-order valence-corrected chi connectivity index (χ3v) is 15.9. The van der Waals surface area contributed by atoms with Gasteiger partial charge in [0.2, 0.25) is 0 Å². The number of methoxy groups -OCH3 is 1. The molecule has 0 amide bonds. The molecule has 7 fully saturated rings. The zero-order valence-corrected chi connectivity index (χ0v) is 29.2. The van der Waals surface area contributed by atoms with Gasteiger partial charge in [0.25, 0.3) is 0 Å². The lowest BCUT2D eigenvalue weighted by Gasteiger charge is -2.64. The van der Waals surface area contributed by atoms with Crippen LogP contribution in [0.1, 0.15) is 92.4 Å². The molecular weight excluding hydrogens is 604 g/mol. The molecular formula is C37H60O10. The van der Waals surface area contributed by atoms with Crippen LogP contribution < -0.4 is 0 Å². The summed E-state index contributed by atoms with van der Waals surface area (Å²) in [6.45, 7) is 10.7. The minimum Gasteiger partial charge on any atom is -0.396 e. The molecule has 10 heteroatoms. The fourth-order valence-electron chi connectivity index (χ4n) is 13.4. The maximum absolute atomic E-state index is 11.6. The van der Waals surface area contributed by atoms with E-state index in [2.05, 4.69) is 20.8 Å². The molecule has 2 aliphatic heterocycles. The van der Waals surface area contributed by atoms with E-state index < -0.39 is 61.2 Å². The molecule has 7 aliphatic rings. The zero-order valence-electron chi connectivity index (χ0n) is 29.2. The van der Waals surface area contributed by atoms with Crippen LogP contribution in [0.3, 0.4) is 0 Å². The van der Waals surface area contributed by atoms with E-state index >= 15 is 0 Å². The number of allylic oxidation sites excluding steroid dienone is 1. The van der Waals surface area contributed by atoms with Gasteiger partial charge in [-0.3, -0.25) is 0 Å². The van der Waals surface area contributed by atoms with Crippen LogP contribution in [0.4, 0.5) is 0 Å². The molecule has 6 N–H and O–H groups in total. The van der Waals surface area contributed by atoms with Crippen LogP contribution >= 0.6 is 0 Å². The summed E-state index contributed by atoms with van der Waals surface area (Å²) in [5.74, 6) is 1.05.